The van der Waals surface area contributed by atoms with Crippen LogP contribution >= 0.6 is 0 Å². The molecule has 5 aliphatic rings. The molecule has 1 aliphatic carbocycles. The lowest BCUT2D eigenvalue weighted by atomic mass is 9.85. The number of fused-ring (bicyclic) bond motifs is 3. The molecule has 0 radical (unpaired) electrons. The standard InChI is InChI=1S/C32H40O16/c1-14-21(37)26(43-15(2)35)27(45-19(36)9-8-16-6-4-3-5-7-16)31(42-14)46-25-17-10-11-41-29(20(17)32(13-34)28(25)48-32)47-30-24(40)23(39)22(38)18(12-33)44-30/h3-11,14,17-18,20-31,33-34,37-40H,12-13H2,1-2H3/t14-,17+,18+,20+,21-,22+,23-,24+,25-,26+,27+,28-,29-,30-,31-,32+/m0/s1. The molecule has 0 aromatic heterocycles. The van der Waals surface area contributed by atoms with Gasteiger partial charge < -0.3 is 68.5 Å². The van der Waals surface area contributed by atoms with Crippen LogP contribution < -0.4 is 0 Å². The van der Waals surface area contributed by atoms with Gasteiger partial charge in [0, 0.05) is 18.9 Å². The Kier molecular flexibility index (Phi) is 10.2. The Morgan fingerprint density at radius 1 is 0.875 bits per heavy atom. The van der Waals surface area contributed by atoms with Crippen LogP contribution in [0, 0.1) is 11.8 Å². The number of ether oxygens (including phenoxy) is 8. The summed E-state index contributed by atoms with van der Waals surface area (Å²) in [5.41, 5.74) is -0.527. The number of esters is 2. The van der Waals surface area contributed by atoms with Crippen LogP contribution in [0.1, 0.15) is 19.4 Å². The molecule has 0 spiro atoms. The number of aliphatic hydroxyl groups is 6. The molecule has 0 amide bonds. The zero-order valence-corrected chi connectivity index (χ0v) is 26.0. The summed E-state index contributed by atoms with van der Waals surface area (Å²) in [5.74, 6) is -2.93. The number of aliphatic hydroxyl groups excluding tert-OH is 6. The number of benzene rings is 1. The molecule has 16 heteroatoms. The minimum atomic E-state index is -1.71. The van der Waals surface area contributed by atoms with Gasteiger partial charge in [0.15, 0.2) is 24.8 Å². The fraction of sp³-hybridized carbons (Fsp3) is 0.625. The molecule has 0 bridgehead atoms. The van der Waals surface area contributed by atoms with Crippen molar-refractivity contribution in [2.24, 2.45) is 11.8 Å². The molecule has 4 heterocycles. The third-order valence-corrected chi connectivity index (χ3v) is 9.41. The molecule has 48 heavy (non-hydrogen) atoms. The summed E-state index contributed by atoms with van der Waals surface area (Å²) in [6.07, 6.45) is -11.4. The van der Waals surface area contributed by atoms with Gasteiger partial charge in [-0.05, 0) is 24.6 Å². The molecule has 4 fully saturated rings. The lowest BCUT2D eigenvalue weighted by Crippen LogP contribution is -2.61. The maximum Gasteiger partial charge on any atom is 0.331 e. The number of carbonyl (C=O) groups is 2. The SMILES string of the molecule is CC(=O)O[C@@H]1[C@@H](O)[C@H](C)O[C@@H](O[C@H]2[C@@H]3C=CO[C@@H](O[C@@H]4O[C@H](CO)[C@@H](O)[C@H](O)[C@H]4O)[C@@H]3[C@@]3(CO)O[C@@H]23)[C@@H]1OC(=O)C=Cc1ccccc1. The molecule has 0 unspecified atom stereocenters. The molecular formula is C32H40O16. The van der Waals surface area contributed by atoms with Crippen molar-refractivity contribution in [1.29, 1.82) is 0 Å². The first-order chi connectivity index (χ1) is 23.0. The maximum atomic E-state index is 13.0. The highest BCUT2D eigenvalue weighted by atomic mass is 16.8. The molecule has 1 aromatic carbocycles. The van der Waals surface area contributed by atoms with E-state index in [0.29, 0.717) is 0 Å². The second kappa shape index (κ2) is 14.1. The average molecular weight is 681 g/mol. The number of hydrogen-bond donors (Lipinski definition) is 6. The fourth-order valence-electron chi connectivity index (χ4n) is 6.91. The fourth-order valence-corrected chi connectivity index (χ4v) is 6.91. The van der Waals surface area contributed by atoms with E-state index in [4.69, 9.17) is 37.9 Å². The lowest BCUT2D eigenvalue weighted by Gasteiger charge is -2.44. The summed E-state index contributed by atoms with van der Waals surface area (Å²) in [4.78, 5) is 25.1. The minimum Gasteiger partial charge on any atom is -0.472 e. The summed E-state index contributed by atoms with van der Waals surface area (Å²) in [7, 11) is 0. The van der Waals surface area contributed by atoms with Crippen molar-refractivity contribution in [1.82, 2.24) is 0 Å². The maximum absolute atomic E-state index is 13.0. The van der Waals surface area contributed by atoms with Crippen LogP contribution in [0.2, 0.25) is 0 Å². The van der Waals surface area contributed by atoms with E-state index in [9.17, 15) is 40.2 Å². The number of carbonyl (C=O) groups excluding carboxylic acids is 2. The third kappa shape index (κ3) is 6.50. The van der Waals surface area contributed by atoms with Crippen molar-refractivity contribution in [3.8, 4) is 0 Å². The first-order valence-electron chi connectivity index (χ1n) is 15.7. The summed E-state index contributed by atoms with van der Waals surface area (Å²) < 4.78 is 46.6. The molecule has 16 nitrogen and oxygen atoms in total. The Labute approximate surface area is 275 Å². The van der Waals surface area contributed by atoms with Gasteiger partial charge in [0.2, 0.25) is 6.29 Å². The van der Waals surface area contributed by atoms with E-state index in [1.807, 2.05) is 6.07 Å². The molecule has 4 aliphatic heterocycles. The van der Waals surface area contributed by atoms with Crippen LogP contribution in [0.4, 0.5) is 0 Å². The highest BCUT2D eigenvalue weighted by Crippen LogP contribution is 2.61. The van der Waals surface area contributed by atoms with Crippen LogP contribution in [0.15, 0.2) is 48.7 Å². The summed E-state index contributed by atoms with van der Waals surface area (Å²) in [6, 6.07) is 8.97. The number of rotatable bonds is 10. The van der Waals surface area contributed by atoms with E-state index < -0.39 is 122 Å². The normalized spacial score (nSPS) is 44.8. The molecule has 264 valence electrons. The molecule has 6 N–H and O–H groups in total. The highest BCUT2D eigenvalue weighted by Gasteiger charge is 2.77. The van der Waals surface area contributed by atoms with Gasteiger partial charge in [0.1, 0.15) is 42.2 Å². The van der Waals surface area contributed by atoms with Gasteiger partial charge in [-0.2, -0.15) is 0 Å². The Hall–Kier alpha value is -3.00. The first kappa shape index (κ1) is 34.8. The largest absolute Gasteiger partial charge is 0.472 e. The Balaban J connectivity index is 1.23. The predicted molar refractivity (Wildman–Crippen MR) is 157 cm³/mol. The Morgan fingerprint density at radius 3 is 2.31 bits per heavy atom. The van der Waals surface area contributed by atoms with Gasteiger partial charge in [-0.25, -0.2) is 4.79 Å². The van der Waals surface area contributed by atoms with Crippen molar-refractivity contribution in [3.63, 3.8) is 0 Å². The monoisotopic (exact) mass is 680 g/mol. The van der Waals surface area contributed by atoms with Crippen molar-refractivity contribution < 1.29 is 78.1 Å². The Bertz CT molecular complexity index is 1350. The van der Waals surface area contributed by atoms with E-state index in [1.165, 1.54) is 25.3 Å². The number of hydrogen-bond acceptors (Lipinski definition) is 16. The summed E-state index contributed by atoms with van der Waals surface area (Å²) in [5, 5.41) is 62.0. The topological polar surface area (TPSA) is 233 Å². The van der Waals surface area contributed by atoms with Crippen LogP contribution in [-0.4, -0.2) is 141 Å². The zero-order chi connectivity index (χ0) is 34.3. The first-order valence-corrected chi connectivity index (χ1v) is 15.7. The second-order valence-electron chi connectivity index (χ2n) is 12.4. The van der Waals surface area contributed by atoms with Crippen LogP contribution in [-0.2, 0) is 47.5 Å². The number of epoxide rings is 1. The quantitative estimate of drug-likeness (QED) is 0.0900. The van der Waals surface area contributed by atoms with Crippen molar-refractivity contribution in [2.75, 3.05) is 13.2 Å². The third-order valence-electron chi connectivity index (χ3n) is 9.41. The molecule has 6 rings (SSSR count). The van der Waals surface area contributed by atoms with Gasteiger partial charge in [-0.3, -0.25) is 4.79 Å². The Morgan fingerprint density at radius 2 is 1.62 bits per heavy atom. The van der Waals surface area contributed by atoms with Crippen molar-refractivity contribution in [2.45, 2.75) is 99.4 Å². The minimum absolute atomic E-state index is 0.496. The van der Waals surface area contributed by atoms with Crippen molar-refractivity contribution >= 4 is 18.0 Å². The van der Waals surface area contributed by atoms with Crippen LogP contribution in [0.5, 0.6) is 0 Å². The average Bonchev–Trinajstić information content (AvgIpc) is 3.75. The summed E-state index contributed by atoms with van der Waals surface area (Å²) in [6.45, 7) is 1.52. The van der Waals surface area contributed by atoms with Crippen LogP contribution in [0.25, 0.3) is 6.08 Å². The van der Waals surface area contributed by atoms with E-state index in [0.717, 1.165) is 12.5 Å². The van der Waals surface area contributed by atoms with Crippen LogP contribution in [0.3, 0.4) is 0 Å². The highest BCUT2D eigenvalue weighted by molar-refractivity contribution is 5.87. The predicted octanol–water partition coefficient (Wildman–Crippen LogP) is -1.90. The summed E-state index contributed by atoms with van der Waals surface area (Å²) >= 11 is 0. The van der Waals surface area contributed by atoms with Gasteiger partial charge in [-0.15, -0.1) is 0 Å². The smallest absolute Gasteiger partial charge is 0.331 e. The molecule has 16 atom stereocenters. The van der Waals surface area contributed by atoms with Gasteiger partial charge >= 0.3 is 11.9 Å². The van der Waals surface area contributed by atoms with E-state index in [1.54, 1.807) is 30.3 Å². The molecular weight excluding hydrogens is 640 g/mol. The zero-order valence-electron chi connectivity index (χ0n) is 26.0. The van der Waals surface area contributed by atoms with Crippen molar-refractivity contribution in [3.05, 3.63) is 54.3 Å². The molecule has 1 saturated carbocycles. The van der Waals surface area contributed by atoms with E-state index in [2.05, 4.69) is 0 Å². The van der Waals surface area contributed by atoms with Gasteiger partial charge in [-0.1, -0.05) is 30.3 Å². The van der Waals surface area contributed by atoms with Gasteiger partial charge in [0.05, 0.1) is 37.6 Å². The van der Waals surface area contributed by atoms with Gasteiger partial charge in [0.25, 0.3) is 0 Å². The van der Waals surface area contributed by atoms with E-state index >= 15 is 0 Å². The lowest BCUT2D eigenvalue weighted by molar-refractivity contribution is -0.347. The molecule has 1 aromatic rings. The van der Waals surface area contributed by atoms with E-state index in [-0.39, 0.29) is 0 Å². The molecule has 3 saturated heterocycles. The second-order valence-corrected chi connectivity index (χ2v) is 12.4.